The standard InChI is InChI=1S/C9H11N3O/c1-3-11-12-9(13)8-5-4-7(2)10-6-8/h3-6H,1-2H3,(H,12,13). The molecule has 0 saturated heterocycles. The molecule has 0 spiro atoms. The van der Waals surface area contributed by atoms with Gasteiger partial charge in [-0.3, -0.25) is 9.78 Å². The number of pyridine rings is 1. The van der Waals surface area contributed by atoms with E-state index in [-0.39, 0.29) is 5.91 Å². The van der Waals surface area contributed by atoms with Crippen LogP contribution in [0, 0.1) is 6.92 Å². The topological polar surface area (TPSA) is 54.4 Å². The van der Waals surface area contributed by atoms with E-state index in [1.54, 1.807) is 19.1 Å². The van der Waals surface area contributed by atoms with E-state index in [4.69, 9.17) is 0 Å². The number of aromatic nitrogens is 1. The van der Waals surface area contributed by atoms with Crippen LogP contribution in [-0.2, 0) is 0 Å². The van der Waals surface area contributed by atoms with Gasteiger partial charge in [-0.15, -0.1) is 0 Å². The van der Waals surface area contributed by atoms with Crippen LogP contribution in [0.4, 0.5) is 0 Å². The quantitative estimate of drug-likeness (QED) is 0.543. The van der Waals surface area contributed by atoms with Gasteiger partial charge in [-0.2, -0.15) is 5.10 Å². The minimum absolute atomic E-state index is 0.245. The van der Waals surface area contributed by atoms with Crippen LogP contribution in [-0.4, -0.2) is 17.1 Å². The third kappa shape index (κ3) is 2.66. The van der Waals surface area contributed by atoms with Crippen LogP contribution in [0.2, 0.25) is 0 Å². The second-order valence-electron chi connectivity index (χ2n) is 2.52. The lowest BCUT2D eigenvalue weighted by molar-refractivity contribution is 0.0954. The molecule has 0 aromatic carbocycles. The van der Waals surface area contributed by atoms with Crippen LogP contribution < -0.4 is 5.43 Å². The van der Waals surface area contributed by atoms with E-state index in [0.29, 0.717) is 5.56 Å². The lowest BCUT2D eigenvalue weighted by atomic mass is 10.2. The summed E-state index contributed by atoms with van der Waals surface area (Å²) in [5.74, 6) is -0.245. The van der Waals surface area contributed by atoms with Crippen molar-refractivity contribution < 1.29 is 4.79 Å². The number of nitrogens with zero attached hydrogens (tertiary/aromatic N) is 2. The predicted octanol–water partition coefficient (Wildman–Crippen LogP) is 1.13. The fraction of sp³-hybridized carbons (Fsp3) is 0.222. The zero-order chi connectivity index (χ0) is 9.68. The first-order valence-corrected chi connectivity index (χ1v) is 3.94. The van der Waals surface area contributed by atoms with Gasteiger partial charge >= 0.3 is 0 Å². The monoisotopic (exact) mass is 177 g/mol. The summed E-state index contributed by atoms with van der Waals surface area (Å²) in [6.07, 6.45) is 3.04. The van der Waals surface area contributed by atoms with Gasteiger partial charge < -0.3 is 0 Å². The molecule has 1 N–H and O–H groups in total. The number of nitrogens with one attached hydrogen (secondary N) is 1. The summed E-state index contributed by atoms with van der Waals surface area (Å²) in [4.78, 5) is 15.2. The average molecular weight is 177 g/mol. The lowest BCUT2D eigenvalue weighted by Gasteiger charge is -1.98. The Morgan fingerprint density at radius 2 is 2.38 bits per heavy atom. The number of hydrogen-bond acceptors (Lipinski definition) is 3. The average Bonchev–Trinajstić information content (AvgIpc) is 2.15. The number of amides is 1. The molecule has 1 amide bonds. The van der Waals surface area contributed by atoms with Gasteiger partial charge in [-0.1, -0.05) is 0 Å². The molecule has 1 rings (SSSR count). The largest absolute Gasteiger partial charge is 0.272 e. The predicted molar refractivity (Wildman–Crippen MR) is 50.6 cm³/mol. The van der Waals surface area contributed by atoms with Crippen LogP contribution in [0.15, 0.2) is 23.4 Å². The van der Waals surface area contributed by atoms with Crippen molar-refractivity contribution in [3.8, 4) is 0 Å². The van der Waals surface area contributed by atoms with Crippen molar-refractivity contribution in [2.24, 2.45) is 5.10 Å². The Balaban J connectivity index is 2.72. The molecular weight excluding hydrogens is 166 g/mol. The summed E-state index contributed by atoms with van der Waals surface area (Å²) < 4.78 is 0. The van der Waals surface area contributed by atoms with Gasteiger partial charge in [0.1, 0.15) is 0 Å². The molecule has 68 valence electrons. The van der Waals surface area contributed by atoms with Crippen LogP contribution >= 0.6 is 0 Å². The highest BCUT2D eigenvalue weighted by Crippen LogP contribution is 1.98. The zero-order valence-electron chi connectivity index (χ0n) is 7.61. The fourth-order valence-electron chi connectivity index (χ4n) is 0.790. The maximum absolute atomic E-state index is 11.3. The van der Waals surface area contributed by atoms with E-state index in [2.05, 4.69) is 15.5 Å². The molecule has 1 aromatic heterocycles. The van der Waals surface area contributed by atoms with Crippen molar-refractivity contribution >= 4 is 12.1 Å². The molecule has 0 atom stereocenters. The van der Waals surface area contributed by atoms with Gasteiger partial charge in [0.25, 0.3) is 5.91 Å². The maximum Gasteiger partial charge on any atom is 0.272 e. The highest BCUT2D eigenvalue weighted by molar-refractivity contribution is 5.93. The van der Waals surface area contributed by atoms with Gasteiger partial charge in [-0.25, -0.2) is 5.43 Å². The van der Waals surface area contributed by atoms with Crippen molar-refractivity contribution in [3.63, 3.8) is 0 Å². The molecule has 1 heterocycles. The summed E-state index contributed by atoms with van der Waals surface area (Å²) >= 11 is 0. The first-order valence-electron chi connectivity index (χ1n) is 3.94. The first kappa shape index (κ1) is 9.38. The zero-order valence-corrected chi connectivity index (χ0v) is 7.61. The minimum atomic E-state index is -0.245. The molecule has 1 aromatic rings. The molecule has 0 unspecified atom stereocenters. The van der Waals surface area contributed by atoms with Gasteiger partial charge in [0.15, 0.2) is 0 Å². The van der Waals surface area contributed by atoms with E-state index in [0.717, 1.165) is 5.69 Å². The van der Waals surface area contributed by atoms with Crippen LogP contribution in [0.1, 0.15) is 23.0 Å². The Labute approximate surface area is 76.7 Å². The van der Waals surface area contributed by atoms with Crippen molar-refractivity contribution in [2.45, 2.75) is 13.8 Å². The second kappa shape index (κ2) is 4.35. The minimum Gasteiger partial charge on any atom is -0.267 e. The first-order chi connectivity index (χ1) is 6.24. The Morgan fingerprint density at radius 3 is 2.92 bits per heavy atom. The summed E-state index contributed by atoms with van der Waals surface area (Å²) in [5.41, 5.74) is 3.75. The molecule has 0 bridgehead atoms. The number of carbonyl (C=O) groups excluding carboxylic acids is 1. The van der Waals surface area contributed by atoms with Crippen molar-refractivity contribution in [1.29, 1.82) is 0 Å². The van der Waals surface area contributed by atoms with E-state index >= 15 is 0 Å². The molecule has 4 heteroatoms. The van der Waals surface area contributed by atoms with Gasteiger partial charge in [0.05, 0.1) is 5.56 Å². The molecule has 4 nitrogen and oxygen atoms in total. The van der Waals surface area contributed by atoms with Crippen molar-refractivity contribution in [2.75, 3.05) is 0 Å². The molecule has 0 aliphatic carbocycles. The van der Waals surface area contributed by atoms with Crippen LogP contribution in [0.25, 0.3) is 0 Å². The van der Waals surface area contributed by atoms with E-state index in [9.17, 15) is 4.79 Å². The third-order valence-electron chi connectivity index (χ3n) is 1.47. The summed E-state index contributed by atoms with van der Waals surface area (Å²) in [6, 6.07) is 3.49. The number of carbonyl (C=O) groups is 1. The SMILES string of the molecule is CC=NNC(=O)c1ccc(C)nc1. The molecule has 0 fully saturated rings. The highest BCUT2D eigenvalue weighted by atomic mass is 16.2. The maximum atomic E-state index is 11.3. The van der Waals surface area contributed by atoms with Crippen molar-refractivity contribution in [3.05, 3.63) is 29.6 Å². The van der Waals surface area contributed by atoms with E-state index < -0.39 is 0 Å². The van der Waals surface area contributed by atoms with Gasteiger partial charge in [-0.05, 0) is 26.0 Å². The molecule has 13 heavy (non-hydrogen) atoms. The molecule has 0 saturated carbocycles. The van der Waals surface area contributed by atoms with Crippen molar-refractivity contribution in [1.82, 2.24) is 10.4 Å². The second-order valence-corrected chi connectivity index (χ2v) is 2.52. The van der Waals surface area contributed by atoms with E-state index in [1.165, 1.54) is 12.4 Å². The Morgan fingerprint density at radius 1 is 1.62 bits per heavy atom. The fourth-order valence-corrected chi connectivity index (χ4v) is 0.790. The summed E-state index contributed by atoms with van der Waals surface area (Å²) in [7, 11) is 0. The number of hydrazone groups is 1. The normalized spacial score (nSPS) is 10.3. The Hall–Kier alpha value is -1.71. The highest BCUT2D eigenvalue weighted by Gasteiger charge is 2.02. The summed E-state index contributed by atoms with van der Waals surface area (Å²) in [6.45, 7) is 3.60. The molecular formula is C9H11N3O. The Kier molecular flexibility index (Phi) is 3.14. The van der Waals surface area contributed by atoms with Crippen LogP contribution in [0.3, 0.4) is 0 Å². The third-order valence-corrected chi connectivity index (χ3v) is 1.47. The van der Waals surface area contributed by atoms with Gasteiger partial charge in [0.2, 0.25) is 0 Å². The van der Waals surface area contributed by atoms with Gasteiger partial charge in [0, 0.05) is 18.1 Å². The lowest BCUT2D eigenvalue weighted by Crippen LogP contribution is -2.17. The van der Waals surface area contributed by atoms with Crippen LogP contribution in [0.5, 0.6) is 0 Å². The number of rotatable bonds is 2. The Bertz CT molecular complexity index is 316. The summed E-state index contributed by atoms with van der Waals surface area (Å²) in [5, 5.41) is 3.62. The molecule has 0 aliphatic heterocycles. The molecule has 0 aliphatic rings. The molecule has 0 radical (unpaired) electrons. The van der Waals surface area contributed by atoms with E-state index in [1.807, 2.05) is 6.92 Å². The number of hydrogen-bond donors (Lipinski definition) is 1. The smallest absolute Gasteiger partial charge is 0.267 e. The number of aryl methyl sites for hydroxylation is 1.